The van der Waals surface area contributed by atoms with E-state index in [4.69, 9.17) is 4.42 Å². The summed E-state index contributed by atoms with van der Waals surface area (Å²) in [5, 5.41) is 13.3. The average molecular weight is 282 g/mol. The summed E-state index contributed by atoms with van der Waals surface area (Å²) < 4.78 is 8.26. The number of rotatable bonds is 2. The molecule has 6 heteroatoms. The number of aryl methyl sites for hydroxylation is 1. The van der Waals surface area contributed by atoms with E-state index in [0.29, 0.717) is 16.8 Å². The van der Waals surface area contributed by atoms with E-state index in [0.717, 1.165) is 11.3 Å². The molecule has 0 aliphatic carbocycles. The van der Waals surface area contributed by atoms with Gasteiger partial charge in [0.05, 0.1) is 24.4 Å². The van der Waals surface area contributed by atoms with Crippen molar-refractivity contribution in [3.8, 4) is 17.3 Å². The lowest BCUT2D eigenvalue weighted by atomic mass is 9.99. The van der Waals surface area contributed by atoms with Crippen LogP contribution in [0.25, 0.3) is 16.9 Å². The van der Waals surface area contributed by atoms with Gasteiger partial charge in [-0.05, 0) is 12.0 Å². The predicted octanol–water partition coefficient (Wildman–Crippen LogP) is 2.29. The Morgan fingerprint density at radius 1 is 1.43 bits per heavy atom. The molecule has 0 aromatic carbocycles. The number of fused-ring (bicyclic) bond motifs is 1. The van der Waals surface area contributed by atoms with Gasteiger partial charge in [0.1, 0.15) is 11.6 Å². The maximum atomic E-state index is 12.7. The number of hydrogen-bond acceptors (Lipinski definition) is 4. The summed E-state index contributed by atoms with van der Waals surface area (Å²) in [5.41, 5.74) is 2.88. The number of aromatic nitrogens is 3. The largest absolute Gasteiger partial charge is 0.472 e. The Labute approximate surface area is 120 Å². The van der Waals surface area contributed by atoms with Crippen LogP contribution in [0.5, 0.6) is 0 Å². The summed E-state index contributed by atoms with van der Waals surface area (Å²) in [6.07, 6.45) is 4.58. The molecule has 0 N–H and O–H groups in total. The smallest absolute Gasteiger partial charge is 0.278 e. The van der Waals surface area contributed by atoms with Crippen molar-refractivity contribution in [3.05, 3.63) is 46.3 Å². The second-order valence-corrected chi connectivity index (χ2v) is 5.20. The van der Waals surface area contributed by atoms with Crippen LogP contribution in [0, 0.1) is 11.3 Å². The molecule has 0 amide bonds. The van der Waals surface area contributed by atoms with E-state index in [-0.39, 0.29) is 11.5 Å². The molecule has 0 fully saturated rings. The number of nitrogens with zero attached hydrogens (tertiary/aromatic N) is 4. The maximum Gasteiger partial charge on any atom is 0.278 e. The van der Waals surface area contributed by atoms with Crippen molar-refractivity contribution in [3.63, 3.8) is 0 Å². The van der Waals surface area contributed by atoms with Crippen LogP contribution in [0.15, 0.2) is 34.0 Å². The van der Waals surface area contributed by atoms with E-state index in [1.165, 1.54) is 10.7 Å². The quantitative estimate of drug-likeness (QED) is 0.722. The molecule has 0 saturated carbocycles. The van der Waals surface area contributed by atoms with Gasteiger partial charge in [0.2, 0.25) is 0 Å². The summed E-state index contributed by atoms with van der Waals surface area (Å²) in [6.45, 7) is 3.92. The van der Waals surface area contributed by atoms with Gasteiger partial charge in [0.25, 0.3) is 5.56 Å². The van der Waals surface area contributed by atoms with Crippen molar-refractivity contribution in [2.24, 2.45) is 7.05 Å². The van der Waals surface area contributed by atoms with E-state index in [1.54, 1.807) is 18.6 Å². The highest BCUT2D eigenvalue weighted by atomic mass is 16.3. The molecule has 0 radical (unpaired) electrons. The van der Waals surface area contributed by atoms with Gasteiger partial charge >= 0.3 is 0 Å². The first-order valence-corrected chi connectivity index (χ1v) is 6.59. The van der Waals surface area contributed by atoms with Gasteiger partial charge in [-0.2, -0.15) is 14.9 Å². The first-order valence-electron chi connectivity index (χ1n) is 6.59. The molecule has 3 aromatic rings. The number of nitriles is 1. The third-order valence-corrected chi connectivity index (χ3v) is 3.57. The number of furan rings is 1. The van der Waals surface area contributed by atoms with Crippen LogP contribution in [0.4, 0.5) is 0 Å². The normalized spacial score (nSPS) is 11.2. The molecule has 3 rings (SSSR count). The highest BCUT2D eigenvalue weighted by Gasteiger charge is 2.22. The Kier molecular flexibility index (Phi) is 2.91. The second kappa shape index (κ2) is 4.63. The van der Waals surface area contributed by atoms with Crippen LogP contribution in [0.2, 0.25) is 0 Å². The lowest BCUT2D eigenvalue weighted by molar-refractivity contribution is 0.567. The van der Waals surface area contributed by atoms with Crippen molar-refractivity contribution < 1.29 is 4.42 Å². The molecule has 0 aliphatic rings. The summed E-state index contributed by atoms with van der Waals surface area (Å²) in [7, 11) is 1.82. The molecule has 3 aromatic heterocycles. The van der Waals surface area contributed by atoms with Crippen molar-refractivity contribution in [2.75, 3.05) is 0 Å². The number of hydrogen-bond donors (Lipinski definition) is 0. The van der Waals surface area contributed by atoms with Crippen LogP contribution in [-0.4, -0.2) is 14.2 Å². The maximum absolute atomic E-state index is 12.7. The van der Waals surface area contributed by atoms with Crippen LogP contribution >= 0.6 is 0 Å². The fourth-order valence-electron chi connectivity index (χ4n) is 2.66. The van der Waals surface area contributed by atoms with Crippen LogP contribution in [0.3, 0.4) is 0 Å². The van der Waals surface area contributed by atoms with Crippen molar-refractivity contribution in [2.45, 2.75) is 19.8 Å². The van der Waals surface area contributed by atoms with Crippen LogP contribution in [0.1, 0.15) is 30.9 Å². The third-order valence-electron chi connectivity index (χ3n) is 3.57. The third kappa shape index (κ3) is 1.78. The van der Waals surface area contributed by atoms with E-state index in [1.807, 2.05) is 25.5 Å². The van der Waals surface area contributed by atoms with Gasteiger partial charge in [0, 0.05) is 18.2 Å². The molecule has 0 atom stereocenters. The van der Waals surface area contributed by atoms with E-state index in [2.05, 4.69) is 11.2 Å². The second-order valence-electron chi connectivity index (χ2n) is 5.20. The van der Waals surface area contributed by atoms with Gasteiger partial charge in [-0.25, -0.2) is 0 Å². The van der Waals surface area contributed by atoms with Crippen LogP contribution < -0.4 is 5.56 Å². The van der Waals surface area contributed by atoms with Gasteiger partial charge in [-0.1, -0.05) is 13.8 Å². The minimum Gasteiger partial charge on any atom is -0.472 e. The molecular weight excluding hydrogens is 268 g/mol. The fraction of sp³-hybridized carbons (Fsp3) is 0.267. The van der Waals surface area contributed by atoms with Crippen molar-refractivity contribution in [1.29, 1.82) is 5.26 Å². The Balaban J connectivity index is 2.56. The Bertz CT molecular complexity index is 908. The van der Waals surface area contributed by atoms with E-state index < -0.39 is 0 Å². The van der Waals surface area contributed by atoms with Gasteiger partial charge in [0.15, 0.2) is 5.65 Å². The standard InChI is InChI=1S/C15H14N4O2/c1-9(2)12-13(10-4-5-21-8-10)18(3)14-11(6-16)7-17-19(14)15(12)20/h4-5,7-9H,1-3H3. The Morgan fingerprint density at radius 3 is 2.76 bits per heavy atom. The molecule has 0 bridgehead atoms. The first kappa shape index (κ1) is 13.2. The lowest BCUT2D eigenvalue weighted by Gasteiger charge is -2.16. The van der Waals surface area contributed by atoms with Gasteiger partial charge in [-0.15, -0.1) is 0 Å². The molecule has 0 spiro atoms. The van der Waals surface area contributed by atoms with E-state index in [9.17, 15) is 10.1 Å². The zero-order valence-corrected chi connectivity index (χ0v) is 12.0. The minimum absolute atomic E-state index is 0.0211. The minimum atomic E-state index is -0.198. The zero-order chi connectivity index (χ0) is 15.1. The van der Waals surface area contributed by atoms with E-state index >= 15 is 0 Å². The Morgan fingerprint density at radius 2 is 2.19 bits per heavy atom. The van der Waals surface area contributed by atoms with Crippen LogP contribution in [-0.2, 0) is 7.05 Å². The van der Waals surface area contributed by atoms with Gasteiger partial charge in [-0.3, -0.25) is 4.79 Å². The fourth-order valence-corrected chi connectivity index (χ4v) is 2.66. The summed E-state index contributed by atoms with van der Waals surface area (Å²) in [4.78, 5) is 12.7. The highest BCUT2D eigenvalue weighted by Crippen LogP contribution is 2.28. The predicted molar refractivity (Wildman–Crippen MR) is 76.9 cm³/mol. The molecule has 21 heavy (non-hydrogen) atoms. The molecular formula is C15H14N4O2. The molecule has 0 aliphatic heterocycles. The summed E-state index contributed by atoms with van der Waals surface area (Å²) >= 11 is 0. The lowest BCUT2D eigenvalue weighted by Crippen LogP contribution is -2.25. The van der Waals surface area contributed by atoms with Gasteiger partial charge < -0.3 is 8.98 Å². The molecule has 3 heterocycles. The molecule has 0 saturated heterocycles. The SMILES string of the molecule is CC(C)c1c(-c2ccoc2)n(C)c2c(C#N)cnn2c1=O. The first-order chi connectivity index (χ1) is 10.1. The average Bonchev–Trinajstić information content (AvgIpc) is 3.10. The molecule has 6 nitrogen and oxygen atoms in total. The Hall–Kier alpha value is -2.81. The highest BCUT2D eigenvalue weighted by molar-refractivity contribution is 5.68. The van der Waals surface area contributed by atoms with Crippen molar-refractivity contribution >= 4 is 5.65 Å². The topological polar surface area (TPSA) is 76.2 Å². The summed E-state index contributed by atoms with van der Waals surface area (Å²) in [5.74, 6) is 0.0211. The summed E-state index contributed by atoms with van der Waals surface area (Å²) in [6, 6.07) is 3.88. The molecule has 106 valence electrons. The monoisotopic (exact) mass is 282 g/mol. The van der Waals surface area contributed by atoms with Crippen molar-refractivity contribution in [1.82, 2.24) is 14.2 Å². The molecule has 0 unspecified atom stereocenters. The zero-order valence-electron chi connectivity index (χ0n) is 12.0.